The molecule has 1 N–H and O–H groups in total. The van der Waals surface area contributed by atoms with Crippen LogP contribution in [0.1, 0.15) is 49.4 Å². The molecule has 0 saturated carbocycles. The number of hydrogen-bond acceptors (Lipinski definition) is 1. The van der Waals surface area contributed by atoms with Gasteiger partial charge in [0.25, 0.3) is 0 Å². The molecule has 2 rings (SSSR count). The van der Waals surface area contributed by atoms with E-state index in [2.05, 4.69) is 91.4 Å². The van der Waals surface area contributed by atoms with E-state index in [-0.39, 0.29) is 6.04 Å². The molecule has 0 aliphatic heterocycles. The van der Waals surface area contributed by atoms with Crippen molar-refractivity contribution in [1.29, 1.82) is 0 Å². The van der Waals surface area contributed by atoms with Crippen LogP contribution in [0.4, 0.5) is 5.69 Å². The van der Waals surface area contributed by atoms with Crippen LogP contribution >= 0.6 is 15.9 Å². The van der Waals surface area contributed by atoms with Crippen LogP contribution in [-0.2, 0) is 0 Å². The van der Waals surface area contributed by atoms with Crippen LogP contribution in [0.25, 0.3) is 0 Å². The van der Waals surface area contributed by atoms with Gasteiger partial charge in [-0.2, -0.15) is 0 Å². The summed E-state index contributed by atoms with van der Waals surface area (Å²) in [6.45, 7) is 8.75. The molecule has 0 spiro atoms. The Bertz CT molecular complexity index is 572. The molecule has 0 amide bonds. The molecule has 1 nitrogen and oxygen atoms in total. The maximum absolute atomic E-state index is 3.60. The van der Waals surface area contributed by atoms with Gasteiger partial charge in [0.15, 0.2) is 0 Å². The second-order valence-electron chi connectivity index (χ2n) is 5.67. The van der Waals surface area contributed by atoms with Crippen molar-refractivity contribution in [2.24, 2.45) is 0 Å². The van der Waals surface area contributed by atoms with Crippen LogP contribution in [0.5, 0.6) is 0 Å². The van der Waals surface area contributed by atoms with E-state index in [0.29, 0.717) is 5.92 Å². The highest BCUT2D eigenvalue weighted by Crippen LogP contribution is 2.28. The van der Waals surface area contributed by atoms with Gasteiger partial charge in [-0.1, -0.05) is 44.2 Å². The summed E-state index contributed by atoms with van der Waals surface area (Å²) in [5.41, 5.74) is 5.10. The van der Waals surface area contributed by atoms with Gasteiger partial charge in [-0.25, -0.2) is 0 Å². The molecule has 2 heteroatoms. The molecule has 0 aromatic heterocycles. The molecule has 0 bridgehead atoms. The van der Waals surface area contributed by atoms with Crippen LogP contribution in [0.3, 0.4) is 0 Å². The highest BCUT2D eigenvalue weighted by molar-refractivity contribution is 9.10. The first-order valence-electron chi connectivity index (χ1n) is 7.10. The third-order valence-corrected chi connectivity index (χ3v) is 4.29. The fourth-order valence-electron chi connectivity index (χ4n) is 2.24. The molecule has 106 valence electrons. The molecule has 0 fully saturated rings. The normalized spacial score (nSPS) is 12.5. The number of halogens is 1. The zero-order valence-corrected chi connectivity index (χ0v) is 14.2. The Morgan fingerprint density at radius 3 is 2.10 bits per heavy atom. The van der Waals surface area contributed by atoms with Crippen LogP contribution in [0.15, 0.2) is 46.9 Å². The van der Waals surface area contributed by atoms with Crippen molar-refractivity contribution in [3.05, 3.63) is 63.6 Å². The Morgan fingerprint density at radius 2 is 1.50 bits per heavy atom. The minimum Gasteiger partial charge on any atom is -0.378 e. The van der Waals surface area contributed by atoms with Crippen molar-refractivity contribution < 1.29 is 0 Å². The minimum absolute atomic E-state index is 0.286. The highest BCUT2D eigenvalue weighted by Gasteiger charge is 2.08. The monoisotopic (exact) mass is 331 g/mol. The minimum atomic E-state index is 0.286. The number of anilines is 1. The Labute approximate surface area is 130 Å². The Balaban J connectivity index is 2.15. The maximum atomic E-state index is 3.60. The first-order chi connectivity index (χ1) is 9.47. The van der Waals surface area contributed by atoms with Crippen molar-refractivity contribution in [1.82, 2.24) is 0 Å². The third kappa shape index (κ3) is 3.63. The molecule has 1 atom stereocenters. The second-order valence-corrected chi connectivity index (χ2v) is 6.53. The predicted octanol–water partition coefficient (Wildman–Crippen LogP) is 6.05. The number of aryl methyl sites for hydroxylation is 1. The molecule has 2 aromatic carbocycles. The second kappa shape index (κ2) is 6.45. The zero-order chi connectivity index (χ0) is 14.7. The van der Waals surface area contributed by atoms with Gasteiger partial charge < -0.3 is 5.32 Å². The van der Waals surface area contributed by atoms with Gasteiger partial charge in [0.2, 0.25) is 0 Å². The van der Waals surface area contributed by atoms with Crippen LogP contribution < -0.4 is 5.32 Å². The predicted molar refractivity (Wildman–Crippen MR) is 91.4 cm³/mol. The first kappa shape index (κ1) is 15.1. The molecule has 0 saturated heterocycles. The van der Waals surface area contributed by atoms with Gasteiger partial charge in [-0.15, -0.1) is 0 Å². The van der Waals surface area contributed by atoms with E-state index in [9.17, 15) is 0 Å². The highest BCUT2D eigenvalue weighted by atomic mass is 79.9. The van der Waals surface area contributed by atoms with Gasteiger partial charge in [-0.3, -0.25) is 0 Å². The first-order valence-corrected chi connectivity index (χ1v) is 7.89. The molecule has 0 radical (unpaired) electrons. The lowest BCUT2D eigenvalue weighted by Gasteiger charge is -2.18. The zero-order valence-electron chi connectivity index (χ0n) is 12.6. The molecular weight excluding hydrogens is 310 g/mol. The van der Waals surface area contributed by atoms with Crippen LogP contribution in [0, 0.1) is 6.92 Å². The number of benzene rings is 2. The summed E-state index contributed by atoms with van der Waals surface area (Å²) >= 11 is 3.60. The molecule has 0 aliphatic carbocycles. The van der Waals surface area contributed by atoms with Gasteiger partial charge >= 0.3 is 0 Å². The molecule has 0 aliphatic rings. The molecule has 1 unspecified atom stereocenters. The van der Waals surface area contributed by atoms with Gasteiger partial charge in [0.1, 0.15) is 0 Å². The lowest BCUT2D eigenvalue weighted by Crippen LogP contribution is -2.07. The number of rotatable bonds is 4. The fraction of sp³-hybridized carbons (Fsp3) is 0.333. The number of hydrogen-bond donors (Lipinski definition) is 1. The molecule has 0 heterocycles. The third-order valence-electron chi connectivity index (χ3n) is 3.60. The van der Waals surface area contributed by atoms with E-state index < -0.39 is 0 Å². The lowest BCUT2D eigenvalue weighted by molar-refractivity contribution is 0.851. The Morgan fingerprint density at radius 1 is 0.900 bits per heavy atom. The molecule has 2 aromatic rings. The standard InChI is InChI=1S/C18H22BrN/c1-12(2)15-6-8-16(9-7-15)14(4)20-18-11-13(3)5-10-17(18)19/h5-12,14,20H,1-4H3. The van der Waals surface area contributed by atoms with Gasteiger partial charge in [0, 0.05) is 16.2 Å². The summed E-state index contributed by atoms with van der Waals surface area (Å²) in [4.78, 5) is 0. The van der Waals surface area contributed by atoms with Gasteiger partial charge in [-0.05, 0) is 64.5 Å². The Hall–Kier alpha value is -1.28. The van der Waals surface area contributed by atoms with Gasteiger partial charge in [0.05, 0.1) is 0 Å². The summed E-state index contributed by atoms with van der Waals surface area (Å²) in [6.07, 6.45) is 0. The maximum Gasteiger partial charge on any atom is 0.0491 e. The lowest BCUT2D eigenvalue weighted by atomic mass is 9.99. The summed E-state index contributed by atoms with van der Waals surface area (Å²) < 4.78 is 1.11. The van der Waals surface area contributed by atoms with E-state index in [1.807, 2.05) is 0 Å². The number of nitrogens with one attached hydrogen (secondary N) is 1. The quantitative estimate of drug-likeness (QED) is 0.718. The fourth-order valence-corrected chi connectivity index (χ4v) is 2.60. The summed E-state index contributed by atoms with van der Waals surface area (Å²) in [5, 5.41) is 3.57. The van der Waals surface area contributed by atoms with Crippen molar-refractivity contribution in [3.63, 3.8) is 0 Å². The van der Waals surface area contributed by atoms with Crippen molar-refractivity contribution in [2.45, 2.75) is 39.7 Å². The van der Waals surface area contributed by atoms with Crippen LogP contribution in [0.2, 0.25) is 0 Å². The van der Waals surface area contributed by atoms with E-state index in [0.717, 1.165) is 10.2 Å². The molecule has 20 heavy (non-hydrogen) atoms. The largest absolute Gasteiger partial charge is 0.378 e. The van der Waals surface area contributed by atoms with E-state index in [1.165, 1.54) is 16.7 Å². The van der Waals surface area contributed by atoms with Crippen molar-refractivity contribution in [3.8, 4) is 0 Å². The van der Waals surface area contributed by atoms with Crippen LogP contribution in [-0.4, -0.2) is 0 Å². The average molecular weight is 332 g/mol. The van der Waals surface area contributed by atoms with E-state index in [4.69, 9.17) is 0 Å². The van der Waals surface area contributed by atoms with E-state index >= 15 is 0 Å². The van der Waals surface area contributed by atoms with E-state index in [1.54, 1.807) is 0 Å². The summed E-state index contributed by atoms with van der Waals surface area (Å²) in [5.74, 6) is 0.582. The average Bonchev–Trinajstić information content (AvgIpc) is 2.43. The van der Waals surface area contributed by atoms with Crippen molar-refractivity contribution in [2.75, 3.05) is 5.32 Å². The summed E-state index contributed by atoms with van der Waals surface area (Å²) in [6, 6.07) is 15.5. The Kier molecular flexibility index (Phi) is 4.87. The topological polar surface area (TPSA) is 12.0 Å². The van der Waals surface area contributed by atoms with Crippen molar-refractivity contribution >= 4 is 21.6 Å². The summed E-state index contributed by atoms with van der Waals surface area (Å²) in [7, 11) is 0. The smallest absolute Gasteiger partial charge is 0.0491 e. The molecular formula is C18H22BrN. The SMILES string of the molecule is Cc1ccc(Br)c(NC(C)c2ccc(C(C)C)cc2)c1.